The van der Waals surface area contributed by atoms with Crippen molar-refractivity contribution in [2.24, 2.45) is 0 Å². The van der Waals surface area contributed by atoms with Crippen molar-refractivity contribution in [1.82, 2.24) is 10.2 Å². The molecular formula is C23H28N2O4. The van der Waals surface area contributed by atoms with Crippen LogP contribution >= 0.6 is 0 Å². The molecule has 1 atom stereocenters. The summed E-state index contributed by atoms with van der Waals surface area (Å²) in [5.41, 5.74) is 3.85. The monoisotopic (exact) mass is 396 g/mol. The molecule has 0 saturated carbocycles. The SMILES string of the molecule is COc1cc([C@H]2C(C(=O)N3CCCCC3)=C(C)NC3=C2C(=O)CCC3)ccc1O. The molecule has 2 N–H and O–H groups in total. The number of Topliss-reactive ketones (excluding diaryl/α,β-unsaturated/α-hetero) is 1. The number of hydrogen-bond donors (Lipinski definition) is 2. The number of hydrogen-bond acceptors (Lipinski definition) is 5. The van der Waals surface area contributed by atoms with E-state index in [2.05, 4.69) is 5.32 Å². The Morgan fingerprint density at radius 2 is 1.93 bits per heavy atom. The number of phenols is 1. The van der Waals surface area contributed by atoms with Gasteiger partial charge >= 0.3 is 0 Å². The highest BCUT2D eigenvalue weighted by Crippen LogP contribution is 2.44. The van der Waals surface area contributed by atoms with E-state index in [1.54, 1.807) is 18.2 Å². The first kappa shape index (κ1) is 19.6. The molecule has 4 rings (SSSR count). The average Bonchev–Trinajstić information content (AvgIpc) is 2.73. The van der Waals surface area contributed by atoms with E-state index in [-0.39, 0.29) is 17.4 Å². The molecule has 6 nitrogen and oxygen atoms in total. The van der Waals surface area contributed by atoms with E-state index in [0.717, 1.165) is 62.2 Å². The van der Waals surface area contributed by atoms with Gasteiger partial charge in [-0.2, -0.15) is 0 Å². The maximum atomic E-state index is 13.6. The Morgan fingerprint density at radius 1 is 1.17 bits per heavy atom. The summed E-state index contributed by atoms with van der Waals surface area (Å²) in [6.45, 7) is 3.42. The van der Waals surface area contributed by atoms with Gasteiger partial charge in [-0.05, 0) is 56.7 Å². The van der Waals surface area contributed by atoms with Crippen molar-refractivity contribution in [3.05, 3.63) is 46.3 Å². The summed E-state index contributed by atoms with van der Waals surface area (Å²) in [6, 6.07) is 5.10. The normalized spacial score (nSPS) is 22.3. The van der Waals surface area contributed by atoms with Gasteiger partial charge in [0.15, 0.2) is 17.3 Å². The van der Waals surface area contributed by atoms with Gasteiger partial charge in [-0.1, -0.05) is 6.07 Å². The van der Waals surface area contributed by atoms with E-state index < -0.39 is 5.92 Å². The van der Waals surface area contributed by atoms with Crippen molar-refractivity contribution in [3.8, 4) is 11.5 Å². The summed E-state index contributed by atoms with van der Waals surface area (Å²) in [6.07, 6.45) is 5.28. The van der Waals surface area contributed by atoms with Gasteiger partial charge in [0.1, 0.15) is 0 Å². The number of benzene rings is 1. The second kappa shape index (κ2) is 7.93. The van der Waals surface area contributed by atoms with E-state index in [1.807, 2.05) is 11.8 Å². The third kappa shape index (κ3) is 3.52. The first-order chi connectivity index (χ1) is 14.0. The highest BCUT2D eigenvalue weighted by atomic mass is 16.5. The zero-order valence-corrected chi connectivity index (χ0v) is 17.1. The maximum absolute atomic E-state index is 13.6. The largest absolute Gasteiger partial charge is 0.504 e. The number of allylic oxidation sites excluding steroid dienone is 3. The summed E-state index contributed by atoms with van der Waals surface area (Å²) >= 11 is 0. The smallest absolute Gasteiger partial charge is 0.252 e. The second-order valence-corrected chi connectivity index (χ2v) is 8.05. The maximum Gasteiger partial charge on any atom is 0.252 e. The zero-order valence-electron chi connectivity index (χ0n) is 17.1. The molecule has 0 radical (unpaired) electrons. The van der Waals surface area contributed by atoms with E-state index >= 15 is 0 Å². The Kier molecular flexibility index (Phi) is 5.35. The van der Waals surface area contributed by atoms with Gasteiger partial charge < -0.3 is 20.1 Å². The van der Waals surface area contributed by atoms with Gasteiger partial charge in [-0.25, -0.2) is 0 Å². The molecule has 1 aromatic rings. The number of piperidine rings is 1. The van der Waals surface area contributed by atoms with Crippen molar-refractivity contribution in [1.29, 1.82) is 0 Å². The topological polar surface area (TPSA) is 78.9 Å². The predicted molar refractivity (Wildman–Crippen MR) is 110 cm³/mol. The molecule has 29 heavy (non-hydrogen) atoms. The molecule has 1 saturated heterocycles. The van der Waals surface area contributed by atoms with Gasteiger partial charge in [0.25, 0.3) is 5.91 Å². The Labute approximate surface area is 171 Å². The number of ketones is 1. The molecule has 2 aliphatic heterocycles. The van der Waals surface area contributed by atoms with Gasteiger partial charge in [0, 0.05) is 48.0 Å². The predicted octanol–water partition coefficient (Wildman–Crippen LogP) is 3.38. The molecule has 6 heteroatoms. The van der Waals surface area contributed by atoms with Crippen LogP contribution < -0.4 is 10.1 Å². The minimum atomic E-state index is -0.442. The lowest BCUT2D eigenvalue weighted by molar-refractivity contribution is -0.128. The van der Waals surface area contributed by atoms with Crippen LogP contribution in [-0.2, 0) is 9.59 Å². The van der Waals surface area contributed by atoms with E-state index in [1.165, 1.54) is 7.11 Å². The molecule has 1 aliphatic carbocycles. The number of dihydropyridines is 1. The Balaban J connectivity index is 1.83. The molecule has 2 heterocycles. The number of ether oxygens (including phenoxy) is 1. The minimum Gasteiger partial charge on any atom is -0.504 e. The van der Waals surface area contributed by atoms with E-state index in [0.29, 0.717) is 23.3 Å². The van der Waals surface area contributed by atoms with Crippen molar-refractivity contribution >= 4 is 11.7 Å². The third-order valence-corrected chi connectivity index (χ3v) is 6.19. The van der Waals surface area contributed by atoms with Crippen LogP contribution in [0.1, 0.15) is 56.9 Å². The molecule has 1 aromatic carbocycles. The molecule has 3 aliphatic rings. The van der Waals surface area contributed by atoms with Crippen LogP contribution in [0.25, 0.3) is 0 Å². The quantitative estimate of drug-likeness (QED) is 0.819. The van der Waals surface area contributed by atoms with Gasteiger partial charge in [0.2, 0.25) is 0 Å². The fraction of sp³-hybridized carbons (Fsp3) is 0.478. The molecule has 0 spiro atoms. The van der Waals surface area contributed by atoms with Crippen LogP contribution in [0.15, 0.2) is 40.7 Å². The van der Waals surface area contributed by atoms with E-state index in [9.17, 15) is 14.7 Å². The number of carbonyl (C=O) groups is 2. The van der Waals surface area contributed by atoms with Gasteiger partial charge in [-0.15, -0.1) is 0 Å². The average molecular weight is 396 g/mol. The number of methoxy groups -OCH3 is 1. The highest BCUT2D eigenvalue weighted by molar-refractivity contribution is 6.05. The second-order valence-electron chi connectivity index (χ2n) is 8.05. The van der Waals surface area contributed by atoms with Crippen LogP contribution in [0.4, 0.5) is 0 Å². The number of nitrogens with zero attached hydrogens (tertiary/aromatic N) is 1. The standard InChI is InChI=1S/C23H28N2O4/c1-14-20(23(28)25-11-4-3-5-12-25)21(15-9-10-17(26)19(13-15)29-2)22-16(24-14)7-6-8-18(22)27/h9-10,13,21,24,26H,3-8,11-12H2,1-2H3/t21-/m0/s1. The lowest BCUT2D eigenvalue weighted by Gasteiger charge is -2.37. The van der Waals surface area contributed by atoms with Gasteiger partial charge in [0.05, 0.1) is 7.11 Å². The van der Waals surface area contributed by atoms with Gasteiger partial charge in [-0.3, -0.25) is 9.59 Å². The summed E-state index contributed by atoms with van der Waals surface area (Å²) < 4.78 is 5.30. The lowest BCUT2D eigenvalue weighted by atomic mass is 9.74. The Hall–Kier alpha value is -2.76. The molecule has 1 amide bonds. The summed E-state index contributed by atoms with van der Waals surface area (Å²) in [5, 5.41) is 13.4. The first-order valence-electron chi connectivity index (χ1n) is 10.4. The third-order valence-electron chi connectivity index (χ3n) is 6.19. The fourth-order valence-corrected chi connectivity index (χ4v) is 4.74. The van der Waals surface area contributed by atoms with E-state index in [4.69, 9.17) is 4.74 Å². The summed E-state index contributed by atoms with van der Waals surface area (Å²) in [5.74, 6) is 0.0275. The lowest BCUT2D eigenvalue weighted by Crippen LogP contribution is -2.42. The Bertz CT molecular complexity index is 909. The summed E-state index contributed by atoms with van der Waals surface area (Å²) in [7, 11) is 1.50. The van der Waals surface area contributed by atoms with Crippen LogP contribution in [-0.4, -0.2) is 41.9 Å². The van der Waals surface area contributed by atoms with Crippen LogP contribution in [0, 0.1) is 0 Å². The number of rotatable bonds is 3. The molecule has 0 unspecified atom stereocenters. The van der Waals surface area contributed by atoms with Crippen LogP contribution in [0.3, 0.4) is 0 Å². The number of nitrogens with one attached hydrogen (secondary N) is 1. The summed E-state index contributed by atoms with van der Waals surface area (Å²) in [4.78, 5) is 28.4. The molecule has 0 bridgehead atoms. The van der Waals surface area contributed by atoms with Crippen molar-refractivity contribution in [2.75, 3.05) is 20.2 Å². The fourth-order valence-electron chi connectivity index (χ4n) is 4.74. The van der Waals surface area contributed by atoms with Crippen LogP contribution in [0.5, 0.6) is 11.5 Å². The zero-order chi connectivity index (χ0) is 20.5. The van der Waals surface area contributed by atoms with Crippen LogP contribution in [0.2, 0.25) is 0 Å². The van der Waals surface area contributed by atoms with Crippen molar-refractivity contribution in [2.45, 2.75) is 51.4 Å². The molecule has 1 fully saturated rings. The minimum absolute atomic E-state index is 0.00309. The Morgan fingerprint density at radius 3 is 2.66 bits per heavy atom. The molecular weight excluding hydrogens is 368 g/mol. The number of amides is 1. The number of likely N-dealkylation sites (tertiary alicyclic amines) is 1. The number of carbonyl (C=O) groups excluding carboxylic acids is 2. The van der Waals surface area contributed by atoms with Crippen molar-refractivity contribution < 1.29 is 19.4 Å². The molecule has 0 aromatic heterocycles. The molecule has 154 valence electrons. The number of aromatic hydroxyl groups is 1. The van der Waals surface area contributed by atoms with Crippen molar-refractivity contribution in [3.63, 3.8) is 0 Å². The first-order valence-corrected chi connectivity index (χ1v) is 10.4. The number of phenolic OH excluding ortho intramolecular Hbond substituents is 1. The highest BCUT2D eigenvalue weighted by Gasteiger charge is 2.40.